The third-order valence-corrected chi connectivity index (χ3v) is 4.65. The summed E-state index contributed by atoms with van der Waals surface area (Å²) in [6, 6.07) is 15.4. The minimum atomic E-state index is -0.231. The zero-order chi connectivity index (χ0) is 15.1. The molecule has 1 saturated heterocycles. The van der Waals surface area contributed by atoms with Crippen LogP contribution in [-0.2, 0) is 4.74 Å². The molecular formula is C18H16ClNO2. The lowest BCUT2D eigenvalue weighted by atomic mass is 9.96. The normalized spacial score (nSPS) is 23.9. The van der Waals surface area contributed by atoms with Crippen molar-refractivity contribution in [2.45, 2.75) is 25.2 Å². The average molecular weight is 314 g/mol. The number of ether oxygens (including phenoxy) is 1. The van der Waals surface area contributed by atoms with Crippen LogP contribution in [0.25, 0.3) is 0 Å². The molecule has 2 aromatic rings. The van der Waals surface area contributed by atoms with Gasteiger partial charge in [0.2, 0.25) is 0 Å². The van der Waals surface area contributed by atoms with Crippen molar-refractivity contribution in [3.8, 4) is 0 Å². The highest BCUT2D eigenvalue weighted by Gasteiger charge is 2.38. The quantitative estimate of drug-likeness (QED) is 0.795. The fourth-order valence-electron chi connectivity index (χ4n) is 3.31. The number of carbonyl (C=O) groups is 1. The van der Waals surface area contributed by atoms with Gasteiger partial charge in [-0.15, -0.1) is 0 Å². The standard InChI is InChI=1S/C18H16ClNO2/c19-13-9-7-12(8-10-13)17-14-4-1-2-5-15(14)18(21)20-11-3-6-16(20)22-17/h1-2,4-5,7-10,16-17H,3,6,11H2/t16-,17-/m1/s1. The Balaban J connectivity index is 1.84. The Hall–Kier alpha value is -1.84. The smallest absolute Gasteiger partial charge is 0.256 e. The number of hydrogen-bond donors (Lipinski definition) is 0. The molecule has 0 aromatic heterocycles. The highest BCUT2D eigenvalue weighted by Crippen LogP contribution is 2.37. The van der Waals surface area contributed by atoms with E-state index < -0.39 is 0 Å². The molecular weight excluding hydrogens is 298 g/mol. The summed E-state index contributed by atoms with van der Waals surface area (Å²) in [5, 5.41) is 0.698. The molecule has 112 valence electrons. The number of benzene rings is 2. The molecule has 0 unspecified atom stereocenters. The summed E-state index contributed by atoms with van der Waals surface area (Å²) in [7, 11) is 0. The molecule has 2 aliphatic heterocycles. The van der Waals surface area contributed by atoms with E-state index in [-0.39, 0.29) is 18.2 Å². The van der Waals surface area contributed by atoms with Crippen molar-refractivity contribution in [2.24, 2.45) is 0 Å². The molecule has 1 amide bonds. The molecule has 3 nitrogen and oxygen atoms in total. The maximum absolute atomic E-state index is 12.8. The van der Waals surface area contributed by atoms with E-state index in [1.807, 2.05) is 53.4 Å². The predicted octanol–water partition coefficient (Wildman–Crippen LogP) is 4.02. The van der Waals surface area contributed by atoms with Crippen molar-refractivity contribution in [3.63, 3.8) is 0 Å². The van der Waals surface area contributed by atoms with Crippen LogP contribution in [0, 0.1) is 0 Å². The van der Waals surface area contributed by atoms with E-state index >= 15 is 0 Å². The number of fused-ring (bicyclic) bond motifs is 2. The van der Waals surface area contributed by atoms with Crippen molar-refractivity contribution >= 4 is 17.5 Å². The Kier molecular flexibility index (Phi) is 3.40. The first-order valence-corrected chi connectivity index (χ1v) is 7.92. The highest BCUT2D eigenvalue weighted by molar-refractivity contribution is 6.30. The van der Waals surface area contributed by atoms with Gasteiger partial charge in [0.05, 0.1) is 0 Å². The fourth-order valence-corrected chi connectivity index (χ4v) is 3.44. The molecule has 0 spiro atoms. The van der Waals surface area contributed by atoms with Gasteiger partial charge in [-0.2, -0.15) is 0 Å². The van der Waals surface area contributed by atoms with E-state index in [4.69, 9.17) is 16.3 Å². The number of rotatable bonds is 1. The molecule has 0 bridgehead atoms. The van der Waals surface area contributed by atoms with Gasteiger partial charge in [0.25, 0.3) is 5.91 Å². The zero-order valence-corrected chi connectivity index (χ0v) is 12.8. The Labute approximate surface area is 134 Å². The molecule has 22 heavy (non-hydrogen) atoms. The Bertz CT molecular complexity index is 713. The van der Waals surface area contributed by atoms with Crippen LogP contribution in [0.1, 0.15) is 40.4 Å². The van der Waals surface area contributed by atoms with Crippen molar-refractivity contribution in [1.82, 2.24) is 4.90 Å². The van der Waals surface area contributed by atoms with E-state index in [1.165, 1.54) is 0 Å². The minimum Gasteiger partial charge on any atom is -0.346 e. The van der Waals surface area contributed by atoms with Crippen LogP contribution in [-0.4, -0.2) is 23.6 Å². The molecule has 4 heteroatoms. The first-order chi connectivity index (χ1) is 10.7. The third kappa shape index (κ3) is 2.21. The Morgan fingerprint density at radius 2 is 1.86 bits per heavy atom. The monoisotopic (exact) mass is 313 g/mol. The van der Waals surface area contributed by atoms with Crippen LogP contribution in [0.4, 0.5) is 0 Å². The highest BCUT2D eigenvalue weighted by atomic mass is 35.5. The molecule has 4 rings (SSSR count). The lowest BCUT2D eigenvalue weighted by Crippen LogP contribution is -2.35. The van der Waals surface area contributed by atoms with Gasteiger partial charge in [0.15, 0.2) is 0 Å². The topological polar surface area (TPSA) is 29.5 Å². The van der Waals surface area contributed by atoms with Gasteiger partial charge in [-0.1, -0.05) is 41.9 Å². The van der Waals surface area contributed by atoms with Crippen LogP contribution >= 0.6 is 11.6 Å². The Morgan fingerprint density at radius 3 is 2.68 bits per heavy atom. The molecule has 1 fully saturated rings. The van der Waals surface area contributed by atoms with Gasteiger partial charge in [-0.3, -0.25) is 4.79 Å². The summed E-state index contributed by atoms with van der Waals surface area (Å²) >= 11 is 5.99. The van der Waals surface area contributed by atoms with Crippen molar-refractivity contribution < 1.29 is 9.53 Å². The molecule has 2 aliphatic rings. The van der Waals surface area contributed by atoms with Gasteiger partial charge < -0.3 is 9.64 Å². The van der Waals surface area contributed by atoms with E-state index in [1.54, 1.807) is 0 Å². The first-order valence-electron chi connectivity index (χ1n) is 7.55. The molecule has 2 heterocycles. The third-order valence-electron chi connectivity index (χ3n) is 4.40. The number of nitrogens with zero attached hydrogens (tertiary/aromatic N) is 1. The number of amides is 1. The summed E-state index contributed by atoms with van der Waals surface area (Å²) < 4.78 is 6.32. The summed E-state index contributed by atoms with van der Waals surface area (Å²) in [5.74, 6) is 0.0783. The number of halogens is 1. The van der Waals surface area contributed by atoms with Crippen molar-refractivity contribution in [1.29, 1.82) is 0 Å². The summed E-state index contributed by atoms with van der Waals surface area (Å²) in [6.07, 6.45) is 1.52. The summed E-state index contributed by atoms with van der Waals surface area (Å²) in [4.78, 5) is 14.6. The van der Waals surface area contributed by atoms with Crippen LogP contribution < -0.4 is 0 Å². The van der Waals surface area contributed by atoms with Gasteiger partial charge >= 0.3 is 0 Å². The number of carbonyl (C=O) groups excluding carboxylic acids is 1. The van der Waals surface area contributed by atoms with Crippen LogP contribution in [0.3, 0.4) is 0 Å². The van der Waals surface area contributed by atoms with Gasteiger partial charge in [-0.05, 0) is 42.2 Å². The van der Waals surface area contributed by atoms with E-state index in [9.17, 15) is 4.79 Å². The van der Waals surface area contributed by atoms with Crippen LogP contribution in [0.2, 0.25) is 5.02 Å². The first kappa shape index (κ1) is 13.8. The van der Waals surface area contributed by atoms with Crippen molar-refractivity contribution in [2.75, 3.05) is 6.54 Å². The second kappa shape index (κ2) is 5.41. The molecule has 0 radical (unpaired) electrons. The molecule has 0 N–H and O–H groups in total. The number of hydrogen-bond acceptors (Lipinski definition) is 2. The largest absolute Gasteiger partial charge is 0.346 e. The van der Waals surface area contributed by atoms with Crippen molar-refractivity contribution in [3.05, 3.63) is 70.2 Å². The summed E-state index contributed by atoms with van der Waals surface area (Å²) in [6.45, 7) is 0.769. The molecule has 2 atom stereocenters. The van der Waals surface area contributed by atoms with E-state index in [0.717, 1.165) is 36.1 Å². The maximum Gasteiger partial charge on any atom is 0.256 e. The average Bonchev–Trinajstić information content (AvgIpc) is 2.97. The second-order valence-electron chi connectivity index (χ2n) is 5.75. The maximum atomic E-state index is 12.8. The predicted molar refractivity (Wildman–Crippen MR) is 84.9 cm³/mol. The second-order valence-corrected chi connectivity index (χ2v) is 6.19. The van der Waals surface area contributed by atoms with E-state index in [0.29, 0.717) is 5.02 Å². The van der Waals surface area contributed by atoms with Crippen LogP contribution in [0.15, 0.2) is 48.5 Å². The minimum absolute atomic E-state index is 0.0783. The zero-order valence-electron chi connectivity index (χ0n) is 12.0. The summed E-state index contributed by atoms with van der Waals surface area (Å²) in [5.41, 5.74) is 2.70. The molecule has 2 aromatic carbocycles. The van der Waals surface area contributed by atoms with Gasteiger partial charge in [-0.25, -0.2) is 0 Å². The van der Waals surface area contributed by atoms with Gasteiger partial charge in [0.1, 0.15) is 12.3 Å². The lowest BCUT2D eigenvalue weighted by Gasteiger charge is -2.24. The lowest BCUT2D eigenvalue weighted by molar-refractivity contribution is -0.0492. The SMILES string of the molecule is O=C1c2ccccc2[C@@H](c2ccc(Cl)cc2)O[C@@H]2CCCN12. The fraction of sp³-hybridized carbons (Fsp3) is 0.278. The molecule has 0 aliphatic carbocycles. The van der Waals surface area contributed by atoms with Crippen LogP contribution in [0.5, 0.6) is 0 Å². The van der Waals surface area contributed by atoms with Gasteiger partial charge in [0, 0.05) is 17.1 Å². The molecule has 0 saturated carbocycles. The van der Waals surface area contributed by atoms with E-state index in [2.05, 4.69) is 0 Å². The Morgan fingerprint density at radius 1 is 1.09 bits per heavy atom.